The van der Waals surface area contributed by atoms with Crippen molar-refractivity contribution in [1.82, 2.24) is 5.43 Å². The maximum atomic E-state index is 12.9. The zero-order valence-electron chi connectivity index (χ0n) is 19.9. The number of amides is 3. The minimum atomic E-state index is -1.00. The molecule has 0 unspecified atom stereocenters. The second kappa shape index (κ2) is 12.1. The van der Waals surface area contributed by atoms with Crippen molar-refractivity contribution in [2.75, 3.05) is 24.4 Å². The fourth-order valence-electron chi connectivity index (χ4n) is 3.15. The number of anilines is 2. The Hall–Kier alpha value is -4.73. The van der Waals surface area contributed by atoms with Gasteiger partial charge in [0, 0.05) is 11.4 Å². The maximum Gasteiger partial charge on any atom is 0.329 e. The molecule has 0 heterocycles. The lowest BCUT2D eigenvalue weighted by molar-refractivity contribution is -0.136. The zero-order valence-corrected chi connectivity index (χ0v) is 19.9. The molecule has 10 heteroatoms. The molecule has 0 saturated carbocycles. The molecule has 0 spiro atoms. The molecule has 0 fully saturated rings. The van der Waals surface area contributed by atoms with Gasteiger partial charge in [0.1, 0.15) is 5.82 Å². The molecule has 0 aromatic heterocycles. The highest BCUT2D eigenvalue weighted by atomic mass is 19.1. The predicted molar refractivity (Wildman–Crippen MR) is 134 cm³/mol. The molecule has 36 heavy (non-hydrogen) atoms. The number of hydrogen-bond acceptors (Lipinski definition) is 6. The zero-order chi connectivity index (χ0) is 26.1. The Balaban J connectivity index is 1.54. The van der Waals surface area contributed by atoms with Crippen LogP contribution in [-0.4, -0.2) is 37.7 Å². The standard InChI is InChI=1S/C26H25FN4O5/c1-16-5-4-6-17(2)24(16)30-23(32)15-36-21-12-7-18(13-22(21)35-3)14-28-31-26(34)25(33)29-20-10-8-19(27)9-11-20/h4-14H,15H2,1-3H3,(H,29,33)(H,30,32)(H,31,34)/b28-14-. The fourth-order valence-corrected chi connectivity index (χ4v) is 3.15. The van der Waals surface area contributed by atoms with E-state index >= 15 is 0 Å². The number of carbonyl (C=O) groups is 3. The van der Waals surface area contributed by atoms with E-state index in [-0.39, 0.29) is 18.2 Å². The summed E-state index contributed by atoms with van der Waals surface area (Å²) in [6.45, 7) is 3.59. The van der Waals surface area contributed by atoms with E-state index in [1.165, 1.54) is 25.5 Å². The van der Waals surface area contributed by atoms with Gasteiger partial charge >= 0.3 is 11.8 Å². The van der Waals surface area contributed by atoms with E-state index in [9.17, 15) is 18.8 Å². The quantitative estimate of drug-likeness (QED) is 0.253. The Morgan fingerprint density at radius 2 is 1.61 bits per heavy atom. The molecular formula is C26H25FN4O5. The first-order chi connectivity index (χ1) is 17.3. The molecule has 186 valence electrons. The number of nitrogens with one attached hydrogen (secondary N) is 3. The molecule has 3 aromatic rings. The van der Waals surface area contributed by atoms with E-state index in [1.807, 2.05) is 32.0 Å². The largest absolute Gasteiger partial charge is 0.493 e. The van der Waals surface area contributed by atoms with Gasteiger partial charge in [0.05, 0.1) is 13.3 Å². The van der Waals surface area contributed by atoms with E-state index in [0.29, 0.717) is 17.1 Å². The van der Waals surface area contributed by atoms with Crippen LogP contribution in [0.1, 0.15) is 16.7 Å². The van der Waals surface area contributed by atoms with Crippen molar-refractivity contribution in [2.24, 2.45) is 5.10 Å². The van der Waals surface area contributed by atoms with Crippen LogP contribution in [-0.2, 0) is 14.4 Å². The van der Waals surface area contributed by atoms with E-state index < -0.39 is 17.6 Å². The van der Waals surface area contributed by atoms with Gasteiger partial charge in [-0.2, -0.15) is 5.10 Å². The van der Waals surface area contributed by atoms with Crippen molar-refractivity contribution < 1.29 is 28.2 Å². The van der Waals surface area contributed by atoms with Crippen LogP contribution in [0.5, 0.6) is 11.5 Å². The molecule has 9 nitrogen and oxygen atoms in total. The molecule has 3 amide bonds. The van der Waals surface area contributed by atoms with Gasteiger partial charge in [-0.25, -0.2) is 9.82 Å². The number of carbonyl (C=O) groups excluding carboxylic acids is 3. The summed E-state index contributed by atoms with van der Waals surface area (Å²) in [6.07, 6.45) is 1.31. The summed E-state index contributed by atoms with van der Waals surface area (Å²) in [5.41, 5.74) is 5.56. The van der Waals surface area contributed by atoms with Crippen LogP contribution in [0.15, 0.2) is 65.8 Å². The number of aryl methyl sites for hydroxylation is 2. The van der Waals surface area contributed by atoms with Crippen LogP contribution >= 0.6 is 0 Å². The van der Waals surface area contributed by atoms with Crippen molar-refractivity contribution in [3.05, 3.63) is 83.2 Å². The minimum absolute atomic E-state index is 0.225. The summed E-state index contributed by atoms with van der Waals surface area (Å²) in [7, 11) is 1.45. The van der Waals surface area contributed by atoms with E-state index in [0.717, 1.165) is 28.9 Å². The van der Waals surface area contributed by atoms with Gasteiger partial charge in [-0.1, -0.05) is 18.2 Å². The number of rotatable bonds is 8. The fraction of sp³-hybridized carbons (Fsp3) is 0.154. The molecule has 0 radical (unpaired) electrons. The van der Waals surface area contributed by atoms with Gasteiger partial charge in [-0.3, -0.25) is 14.4 Å². The van der Waals surface area contributed by atoms with Crippen LogP contribution in [0.2, 0.25) is 0 Å². The monoisotopic (exact) mass is 492 g/mol. The van der Waals surface area contributed by atoms with E-state index in [2.05, 4.69) is 21.2 Å². The molecule has 3 N–H and O–H groups in total. The lowest BCUT2D eigenvalue weighted by Crippen LogP contribution is -2.32. The lowest BCUT2D eigenvalue weighted by Gasteiger charge is -2.13. The van der Waals surface area contributed by atoms with Gasteiger partial charge in [-0.15, -0.1) is 0 Å². The van der Waals surface area contributed by atoms with Gasteiger partial charge in [0.25, 0.3) is 5.91 Å². The van der Waals surface area contributed by atoms with Gasteiger partial charge < -0.3 is 20.1 Å². The van der Waals surface area contributed by atoms with Crippen molar-refractivity contribution in [1.29, 1.82) is 0 Å². The molecule has 0 atom stereocenters. The summed E-state index contributed by atoms with van der Waals surface area (Å²) < 4.78 is 23.9. The third-order valence-corrected chi connectivity index (χ3v) is 4.98. The second-order valence-electron chi connectivity index (χ2n) is 7.67. The third kappa shape index (κ3) is 7.13. The highest BCUT2D eigenvalue weighted by Gasteiger charge is 2.13. The van der Waals surface area contributed by atoms with Crippen molar-refractivity contribution in [2.45, 2.75) is 13.8 Å². The first-order valence-corrected chi connectivity index (χ1v) is 10.8. The molecule has 3 rings (SSSR count). The number of hydrazone groups is 1. The first kappa shape index (κ1) is 25.9. The van der Waals surface area contributed by atoms with Gasteiger partial charge in [0.15, 0.2) is 18.1 Å². The van der Waals surface area contributed by atoms with Crippen LogP contribution in [0, 0.1) is 19.7 Å². The average Bonchev–Trinajstić information content (AvgIpc) is 2.86. The number of ether oxygens (including phenoxy) is 2. The third-order valence-electron chi connectivity index (χ3n) is 4.98. The molecule has 0 aliphatic heterocycles. The SMILES string of the molecule is COc1cc(/C=N\NC(=O)C(=O)Nc2ccc(F)cc2)ccc1OCC(=O)Nc1c(C)cccc1C. The van der Waals surface area contributed by atoms with E-state index in [4.69, 9.17) is 9.47 Å². The van der Waals surface area contributed by atoms with Gasteiger partial charge in [0.2, 0.25) is 0 Å². The highest BCUT2D eigenvalue weighted by molar-refractivity contribution is 6.39. The molecule has 0 bridgehead atoms. The predicted octanol–water partition coefficient (Wildman–Crippen LogP) is 3.56. The Kier molecular flexibility index (Phi) is 8.71. The molecule has 0 aliphatic carbocycles. The summed E-state index contributed by atoms with van der Waals surface area (Å²) in [4.78, 5) is 36.2. The minimum Gasteiger partial charge on any atom is -0.493 e. The summed E-state index contributed by atoms with van der Waals surface area (Å²) in [5.74, 6) is -2.05. The van der Waals surface area contributed by atoms with Crippen LogP contribution < -0.4 is 25.5 Å². The smallest absolute Gasteiger partial charge is 0.329 e. The molecular weight excluding hydrogens is 467 g/mol. The Bertz CT molecular complexity index is 1270. The van der Waals surface area contributed by atoms with Crippen LogP contribution in [0.25, 0.3) is 0 Å². The number of methoxy groups -OCH3 is 1. The number of benzene rings is 3. The first-order valence-electron chi connectivity index (χ1n) is 10.8. The number of para-hydroxylation sites is 1. The molecule has 3 aromatic carbocycles. The highest BCUT2D eigenvalue weighted by Crippen LogP contribution is 2.27. The van der Waals surface area contributed by atoms with Crippen LogP contribution in [0.4, 0.5) is 15.8 Å². The Labute approximate surface area is 207 Å². The summed E-state index contributed by atoms with van der Waals surface area (Å²) >= 11 is 0. The summed E-state index contributed by atoms with van der Waals surface area (Å²) in [6, 6.07) is 15.5. The Morgan fingerprint density at radius 1 is 0.917 bits per heavy atom. The topological polar surface area (TPSA) is 118 Å². The normalized spacial score (nSPS) is 10.6. The summed E-state index contributed by atoms with van der Waals surface area (Å²) in [5, 5.41) is 8.93. The maximum absolute atomic E-state index is 12.9. The van der Waals surface area contributed by atoms with Crippen LogP contribution in [0.3, 0.4) is 0 Å². The van der Waals surface area contributed by atoms with E-state index in [1.54, 1.807) is 18.2 Å². The number of hydrogen-bond donors (Lipinski definition) is 3. The average molecular weight is 493 g/mol. The molecule has 0 saturated heterocycles. The number of nitrogens with zero attached hydrogens (tertiary/aromatic N) is 1. The van der Waals surface area contributed by atoms with Gasteiger partial charge in [-0.05, 0) is 73.0 Å². The Morgan fingerprint density at radius 3 is 2.28 bits per heavy atom. The number of halogens is 1. The second-order valence-corrected chi connectivity index (χ2v) is 7.67. The molecule has 0 aliphatic rings. The van der Waals surface area contributed by atoms with Crippen molar-refractivity contribution >= 4 is 35.3 Å². The lowest BCUT2D eigenvalue weighted by atomic mass is 10.1. The van der Waals surface area contributed by atoms with Crippen molar-refractivity contribution in [3.8, 4) is 11.5 Å². The van der Waals surface area contributed by atoms with Crippen molar-refractivity contribution in [3.63, 3.8) is 0 Å².